The quantitative estimate of drug-likeness (QED) is 0.345. The molecule has 0 spiro atoms. The van der Waals surface area contributed by atoms with E-state index >= 15 is 0 Å². The Labute approximate surface area is 201 Å². The third-order valence-corrected chi connectivity index (χ3v) is 7.48. The number of aryl methyl sites for hydroxylation is 1. The second-order valence-corrected chi connectivity index (χ2v) is 10.2. The molecular formula is C23H26Cl2O6S. The predicted molar refractivity (Wildman–Crippen MR) is 124 cm³/mol. The number of aliphatic hydroxyl groups excluding tert-OH is 1. The van der Waals surface area contributed by atoms with E-state index < -0.39 is 12.1 Å². The first-order valence-electron chi connectivity index (χ1n) is 10.4. The van der Waals surface area contributed by atoms with Crippen molar-refractivity contribution in [3.63, 3.8) is 0 Å². The maximum absolute atomic E-state index is 11.0. The summed E-state index contributed by atoms with van der Waals surface area (Å²) in [5.41, 5.74) is 0.720. The number of carboxylic acid groups (broad SMARTS) is 1. The molecule has 6 nitrogen and oxygen atoms in total. The molecule has 2 N–H and O–H groups in total. The monoisotopic (exact) mass is 500 g/mol. The van der Waals surface area contributed by atoms with Gasteiger partial charge in [0.2, 0.25) is 0 Å². The van der Waals surface area contributed by atoms with Crippen LogP contribution >= 0.6 is 34.5 Å². The molecule has 0 bridgehead atoms. The zero-order chi connectivity index (χ0) is 23.3. The highest BCUT2D eigenvalue weighted by Gasteiger charge is 2.41. The van der Waals surface area contributed by atoms with Crippen LogP contribution in [-0.2, 0) is 22.6 Å². The van der Waals surface area contributed by atoms with Crippen molar-refractivity contribution in [2.45, 2.75) is 50.7 Å². The molecule has 1 aliphatic carbocycles. The molecule has 1 heterocycles. The highest BCUT2D eigenvalue weighted by Crippen LogP contribution is 2.40. The Morgan fingerprint density at radius 1 is 1.22 bits per heavy atom. The number of hydrogen-bond donors (Lipinski definition) is 2. The minimum Gasteiger partial charge on any atom is -0.493 e. The van der Waals surface area contributed by atoms with Gasteiger partial charge in [-0.05, 0) is 67.5 Å². The lowest BCUT2D eigenvalue weighted by atomic mass is 9.90. The van der Waals surface area contributed by atoms with Gasteiger partial charge in [0.15, 0.2) is 0 Å². The van der Waals surface area contributed by atoms with Crippen molar-refractivity contribution in [1.29, 1.82) is 0 Å². The van der Waals surface area contributed by atoms with Crippen molar-refractivity contribution >= 4 is 46.5 Å². The molecule has 0 saturated heterocycles. The summed E-state index contributed by atoms with van der Waals surface area (Å²) < 4.78 is 11.0. The van der Waals surface area contributed by atoms with Crippen molar-refractivity contribution in [2.75, 3.05) is 6.61 Å². The van der Waals surface area contributed by atoms with Crippen LogP contribution in [0.15, 0.2) is 30.3 Å². The van der Waals surface area contributed by atoms with Gasteiger partial charge in [-0.2, -0.15) is 0 Å². The van der Waals surface area contributed by atoms with Crippen LogP contribution in [-0.4, -0.2) is 40.2 Å². The number of carboxylic acids is 1. The number of benzene rings is 1. The van der Waals surface area contributed by atoms with E-state index in [9.17, 15) is 14.7 Å². The van der Waals surface area contributed by atoms with Gasteiger partial charge in [-0.25, -0.2) is 4.79 Å². The Morgan fingerprint density at radius 2 is 2.00 bits per heavy atom. The van der Waals surface area contributed by atoms with Gasteiger partial charge in [0.25, 0.3) is 0 Å². The fourth-order valence-corrected chi connectivity index (χ4v) is 5.70. The van der Waals surface area contributed by atoms with E-state index in [4.69, 9.17) is 37.8 Å². The van der Waals surface area contributed by atoms with Gasteiger partial charge in [0.1, 0.15) is 17.2 Å². The summed E-state index contributed by atoms with van der Waals surface area (Å²) in [5, 5.41) is 19.9. The number of carbonyl (C=O) groups excluding carboxylic acids is 1. The number of carbonyl (C=O) groups is 2. The van der Waals surface area contributed by atoms with Gasteiger partial charge in [-0.1, -0.05) is 11.6 Å². The summed E-state index contributed by atoms with van der Waals surface area (Å²) in [6, 6.07) is 8.64. The zero-order valence-electron chi connectivity index (χ0n) is 17.6. The van der Waals surface area contributed by atoms with Crippen LogP contribution in [0.3, 0.4) is 0 Å². The Kier molecular flexibility index (Phi) is 8.82. The summed E-state index contributed by atoms with van der Waals surface area (Å²) in [6.45, 7) is 1.75. The van der Waals surface area contributed by atoms with Crippen LogP contribution in [0.25, 0.3) is 0 Å². The van der Waals surface area contributed by atoms with Crippen LogP contribution in [0.2, 0.25) is 5.02 Å². The standard InChI is InChI=1S/C23H26Cl2O6S/c1-13(26)30-11-14-7-15(24)9-16(8-14)31-12-19-18(20(25)10-21(19)27)4-2-3-17-5-6-22(32-17)23(28)29/h5-9,18-21,27H,2-4,10-12H2,1H3,(H,28,29)/t18-,19-,20-,21-/m1/s1. The molecule has 32 heavy (non-hydrogen) atoms. The average Bonchev–Trinajstić information content (AvgIpc) is 3.29. The average molecular weight is 501 g/mol. The molecule has 0 amide bonds. The van der Waals surface area contributed by atoms with Gasteiger partial charge in [-0.3, -0.25) is 4.79 Å². The minimum absolute atomic E-state index is 0.0882. The molecule has 9 heteroatoms. The number of aromatic carboxylic acids is 1. The van der Waals surface area contributed by atoms with Crippen LogP contribution in [0.5, 0.6) is 5.75 Å². The van der Waals surface area contributed by atoms with E-state index in [2.05, 4.69) is 0 Å². The van der Waals surface area contributed by atoms with E-state index in [1.807, 2.05) is 6.07 Å². The van der Waals surface area contributed by atoms with E-state index in [1.54, 1.807) is 24.3 Å². The molecule has 1 aromatic carbocycles. The van der Waals surface area contributed by atoms with E-state index in [-0.39, 0.29) is 29.8 Å². The lowest BCUT2D eigenvalue weighted by Gasteiger charge is -2.24. The largest absolute Gasteiger partial charge is 0.493 e. The highest BCUT2D eigenvalue weighted by molar-refractivity contribution is 7.13. The zero-order valence-corrected chi connectivity index (χ0v) is 20.0. The first-order valence-corrected chi connectivity index (χ1v) is 12.1. The van der Waals surface area contributed by atoms with E-state index in [1.165, 1.54) is 18.3 Å². The molecule has 1 fully saturated rings. The Morgan fingerprint density at radius 3 is 2.69 bits per heavy atom. The topological polar surface area (TPSA) is 93.1 Å². The molecular weight excluding hydrogens is 475 g/mol. The van der Waals surface area contributed by atoms with Gasteiger partial charge < -0.3 is 19.7 Å². The smallest absolute Gasteiger partial charge is 0.345 e. The third kappa shape index (κ3) is 6.85. The normalized spacial score (nSPS) is 22.6. The summed E-state index contributed by atoms with van der Waals surface area (Å²) in [6.07, 6.45) is 2.39. The highest BCUT2D eigenvalue weighted by atomic mass is 35.5. The number of halogens is 2. The number of esters is 1. The second-order valence-electron chi connectivity index (χ2n) is 8.00. The van der Waals surface area contributed by atoms with E-state index in [0.717, 1.165) is 29.7 Å². The molecule has 3 rings (SSSR count). The summed E-state index contributed by atoms with van der Waals surface area (Å²) in [5.74, 6) is -0.769. The van der Waals surface area contributed by atoms with Crippen LogP contribution < -0.4 is 4.74 Å². The van der Waals surface area contributed by atoms with Gasteiger partial charge >= 0.3 is 11.9 Å². The number of ether oxygens (including phenoxy) is 2. The summed E-state index contributed by atoms with van der Waals surface area (Å²) in [7, 11) is 0. The second kappa shape index (κ2) is 11.4. The summed E-state index contributed by atoms with van der Waals surface area (Å²) in [4.78, 5) is 23.5. The number of hydrogen-bond acceptors (Lipinski definition) is 6. The third-order valence-electron chi connectivity index (χ3n) is 5.62. The van der Waals surface area contributed by atoms with Gasteiger partial charge in [0.05, 0.1) is 12.7 Å². The SMILES string of the molecule is CC(=O)OCc1cc(Cl)cc(OC[C@@H]2[C@@H](CCCc3ccc(C(=O)O)s3)[C@H](Cl)C[C@H]2O)c1. The summed E-state index contributed by atoms with van der Waals surface area (Å²) >= 11 is 14.0. The Hall–Kier alpha value is -1.80. The molecule has 2 aromatic rings. The van der Waals surface area contributed by atoms with Crippen LogP contribution in [0.4, 0.5) is 0 Å². The van der Waals surface area contributed by atoms with Crippen molar-refractivity contribution < 1.29 is 29.3 Å². The molecule has 174 valence electrons. The first kappa shape index (κ1) is 24.8. The van der Waals surface area contributed by atoms with Crippen molar-refractivity contribution in [3.05, 3.63) is 50.7 Å². The molecule has 4 atom stereocenters. The first-order chi connectivity index (χ1) is 15.2. The number of thiophene rings is 1. The number of aliphatic hydroxyl groups is 1. The maximum Gasteiger partial charge on any atom is 0.345 e. The Bertz CT molecular complexity index is 946. The minimum atomic E-state index is -0.907. The Balaban J connectivity index is 1.57. The van der Waals surface area contributed by atoms with Gasteiger partial charge in [0, 0.05) is 28.1 Å². The molecule has 0 aliphatic heterocycles. The lowest BCUT2D eigenvalue weighted by molar-refractivity contribution is -0.142. The van der Waals surface area contributed by atoms with Crippen LogP contribution in [0, 0.1) is 11.8 Å². The molecule has 1 aliphatic rings. The molecule has 0 radical (unpaired) electrons. The number of alkyl halides is 1. The van der Waals surface area contributed by atoms with Crippen molar-refractivity contribution in [3.8, 4) is 5.75 Å². The fourth-order valence-electron chi connectivity index (χ4n) is 4.07. The van der Waals surface area contributed by atoms with Gasteiger partial charge in [-0.15, -0.1) is 22.9 Å². The lowest BCUT2D eigenvalue weighted by Crippen LogP contribution is -2.27. The molecule has 1 aromatic heterocycles. The van der Waals surface area contributed by atoms with Crippen molar-refractivity contribution in [1.82, 2.24) is 0 Å². The van der Waals surface area contributed by atoms with Crippen molar-refractivity contribution in [2.24, 2.45) is 11.8 Å². The fraction of sp³-hybridized carbons (Fsp3) is 0.478. The maximum atomic E-state index is 11.0. The molecule has 0 unspecified atom stereocenters. The van der Waals surface area contributed by atoms with Crippen LogP contribution in [0.1, 0.15) is 46.3 Å². The molecule has 1 saturated carbocycles. The number of rotatable bonds is 10. The van der Waals surface area contributed by atoms with E-state index in [0.29, 0.717) is 28.7 Å². The predicted octanol–water partition coefficient (Wildman–Crippen LogP) is 5.17.